The van der Waals surface area contributed by atoms with E-state index < -0.39 is 0 Å². The molecule has 56 valence electrons. The van der Waals surface area contributed by atoms with Crippen molar-refractivity contribution in [3.05, 3.63) is 5.01 Å². The SMILES string of the molecule is COCc1nnc(SC)s1. The lowest BCUT2D eigenvalue weighted by molar-refractivity contribution is 0.184. The third-order valence-corrected chi connectivity index (χ3v) is 2.76. The van der Waals surface area contributed by atoms with Gasteiger partial charge in [-0.15, -0.1) is 10.2 Å². The molecule has 0 bridgehead atoms. The highest BCUT2D eigenvalue weighted by atomic mass is 32.2. The smallest absolute Gasteiger partial charge is 0.174 e. The summed E-state index contributed by atoms with van der Waals surface area (Å²) in [6.45, 7) is 0.568. The summed E-state index contributed by atoms with van der Waals surface area (Å²) in [5.74, 6) is 0. The van der Waals surface area contributed by atoms with E-state index in [1.165, 1.54) is 0 Å². The first-order chi connectivity index (χ1) is 4.86. The number of nitrogens with zero attached hydrogens (tertiary/aromatic N) is 2. The van der Waals surface area contributed by atoms with E-state index in [0.717, 1.165) is 9.35 Å². The standard InChI is InChI=1S/C5H8N2OS2/c1-8-3-4-6-7-5(9-2)10-4/h3H2,1-2H3. The number of thioether (sulfide) groups is 1. The number of hydrogen-bond acceptors (Lipinski definition) is 5. The van der Waals surface area contributed by atoms with Crippen molar-refractivity contribution in [1.29, 1.82) is 0 Å². The van der Waals surface area contributed by atoms with Crippen molar-refractivity contribution >= 4 is 23.1 Å². The second kappa shape index (κ2) is 3.90. The summed E-state index contributed by atoms with van der Waals surface area (Å²) in [5.41, 5.74) is 0. The van der Waals surface area contributed by atoms with Gasteiger partial charge >= 0.3 is 0 Å². The molecule has 0 aliphatic heterocycles. The number of ether oxygens (including phenoxy) is 1. The van der Waals surface area contributed by atoms with Crippen LogP contribution in [0.15, 0.2) is 4.34 Å². The minimum absolute atomic E-state index is 0.568. The maximum Gasteiger partial charge on any atom is 0.174 e. The zero-order valence-electron chi connectivity index (χ0n) is 5.83. The predicted molar refractivity (Wildman–Crippen MR) is 42.4 cm³/mol. The molecule has 10 heavy (non-hydrogen) atoms. The van der Waals surface area contributed by atoms with Gasteiger partial charge in [-0.3, -0.25) is 0 Å². The summed E-state index contributed by atoms with van der Waals surface area (Å²) < 4.78 is 5.88. The van der Waals surface area contributed by atoms with Gasteiger partial charge in [-0.2, -0.15) is 0 Å². The van der Waals surface area contributed by atoms with E-state index in [9.17, 15) is 0 Å². The van der Waals surface area contributed by atoms with Gasteiger partial charge in [0.2, 0.25) is 0 Å². The Morgan fingerprint density at radius 3 is 2.90 bits per heavy atom. The summed E-state index contributed by atoms with van der Waals surface area (Å²) in [6, 6.07) is 0. The van der Waals surface area contributed by atoms with Crippen molar-refractivity contribution in [2.45, 2.75) is 10.9 Å². The first-order valence-corrected chi connectivity index (χ1v) is 4.76. The Balaban J connectivity index is 2.59. The molecule has 0 aromatic carbocycles. The molecule has 0 saturated carbocycles. The van der Waals surface area contributed by atoms with Crippen molar-refractivity contribution in [3.63, 3.8) is 0 Å². The minimum atomic E-state index is 0.568. The molecule has 0 unspecified atom stereocenters. The van der Waals surface area contributed by atoms with Crippen LogP contribution >= 0.6 is 23.1 Å². The number of rotatable bonds is 3. The van der Waals surface area contributed by atoms with Crippen LogP contribution in [-0.4, -0.2) is 23.6 Å². The van der Waals surface area contributed by atoms with Gasteiger partial charge in [0.25, 0.3) is 0 Å². The Kier molecular flexibility index (Phi) is 3.11. The fraction of sp³-hybridized carbons (Fsp3) is 0.600. The average Bonchev–Trinajstić information content (AvgIpc) is 2.37. The number of aromatic nitrogens is 2. The molecular weight excluding hydrogens is 168 g/mol. The quantitative estimate of drug-likeness (QED) is 0.652. The van der Waals surface area contributed by atoms with E-state index in [-0.39, 0.29) is 0 Å². The Bertz CT molecular complexity index is 201. The fourth-order valence-electron chi connectivity index (χ4n) is 0.502. The molecule has 0 amide bonds. The molecule has 0 radical (unpaired) electrons. The van der Waals surface area contributed by atoms with Crippen LogP contribution in [0.5, 0.6) is 0 Å². The maximum absolute atomic E-state index is 4.88. The molecule has 0 aliphatic carbocycles. The van der Waals surface area contributed by atoms with Gasteiger partial charge in [0.05, 0.1) is 6.61 Å². The topological polar surface area (TPSA) is 35.0 Å². The monoisotopic (exact) mass is 176 g/mol. The van der Waals surface area contributed by atoms with Crippen LogP contribution in [0, 0.1) is 0 Å². The van der Waals surface area contributed by atoms with Crippen molar-refractivity contribution < 1.29 is 4.74 Å². The van der Waals surface area contributed by atoms with Gasteiger partial charge in [-0.05, 0) is 6.26 Å². The molecular formula is C5H8N2OS2. The summed E-state index contributed by atoms with van der Waals surface area (Å²) in [5, 5.41) is 8.74. The molecule has 1 aromatic heterocycles. The Hall–Kier alpha value is -0.130. The molecule has 5 heteroatoms. The molecule has 1 aromatic rings. The van der Waals surface area contributed by atoms with Crippen LogP contribution in [0.25, 0.3) is 0 Å². The van der Waals surface area contributed by atoms with E-state index in [1.54, 1.807) is 30.2 Å². The normalized spacial score (nSPS) is 10.2. The molecule has 0 atom stereocenters. The predicted octanol–water partition coefficient (Wildman–Crippen LogP) is 1.41. The van der Waals surface area contributed by atoms with Crippen molar-refractivity contribution in [3.8, 4) is 0 Å². The van der Waals surface area contributed by atoms with Gasteiger partial charge in [-0.25, -0.2) is 0 Å². The van der Waals surface area contributed by atoms with Crippen LogP contribution in [0.4, 0.5) is 0 Å². The molecule has 0 saturated heterocycles. The van der Waals surface area contributed by atoms with Crippen LogP contribution in [0.2, 0.25) is 0 Å². The second-order valence-corrected chi connectivity index (χ2v) is 3.71. The highest BCUT2D eigenvalue weighted by Gasteiger charge is 2.00. The highest BCUT2D eigenvalue weighted by molar-refractivity contribution is 8.00. The van der Waals surface area contributed by atoms with Gasteiger partial charge < -0.3 is 4.74 Å². The number of hydrogen-bond donors (Lipinski definition) is 0. The Morgan fingerprint density at radius 1 is 1.60 bits per heavy atom. The van der Waals surface area contributed by atoms with Gasteiger partial charge in [0.15, 0.2) is 4.34 Å². The zero-order valence-corrected chi connectivity index (χ0v) is 7.46. The average molecular weight is 176 g/mol. The van der Waals surface area contributed by atoms with E-state index in [1.807, 2.05) is 6.26 Å². The Morgan fingerprint density at radius 2 is 2.40 bits per heavy atom. The summed E-state index contributed by atoms with van der Waals surface area (Å²) in [7, 11) is 1.65. The minimum Gasteiger partial charge on any atom is -0.377 e. The van der Waals surface area contributed by atoms with Gasteiger partial charge in [0.1, 0.15) is 5.01 Å². The summed E-state index contributed by atoms with van der Waals surface area (Å²) in [6.07, 6.45) is 1.98. The molecule has 0 fully saturated rings. The first-order valence-electron chi connectivity index (χ1n) is 2.72. The van der Waals surface area contributed by atoms with Crippen LogP contribution in [0.3, 0.4) is 0 Å². The zero-order chi connectivity index (χ0) is 7.40. The molecule has 0 spiro atoms. The van der Waals surface area contributed by atoms with E-state index in [2.05, 4.69) is 10.2 Å². The van der Waals surface area contributed by atoms with Gasteiger partial charge in [0, 0.05) is 7.11 Å². The van der Waals surface area contributed by atoms with Crippen molar-refractivity contribution in [2.24, 2.45) is 0 Å². The molecule has 1 heterocycles. The van der Waals surface area contributed by atoms with Crippen LogP contribution in [0.1, 0.15) is 5.01 Å². The lowest BCUT2D eigenvalue weighted by atomic mass is 10.8. The lowest BCUT2D eigenvalue weighted by Crippen LogP contribution is -1.84. The lowest BCUT2D eigenvalue weighted by Gasteiger charge is -1.86. The fourth-order valence-corrected chi connectivity index (χ4v) is 1.79. The third kappa shape index (κ3) is 1.93. The third-order valence-electron chi connectivity index (χ3n) is 0.891. The van der Waals surface area contributed by atoms with E-state index >= 15 is 0 Å². The highest BCUT2D eigenvalue weighted by Crippen LogP contribution is 2.19. The van der Waals surface area contributed by atoms with Gasteiger partial charge in [-0.1, -0.05) is 23.1 Å². The van der Waals surface area contributed by atoms with E-state index in [4.69, 9.17) is 4.74 Å². The number of methoxy groups -OCH3 is 1. The van der Waals surface area contributed by atoms with Crippen molar-refractivity contribution in [1.82, 2.24) is 10.2 Å². The van der Waals surface area contributed by atoms with Crippen molar-refractivity contribution in [2.75, 3.05) is 13.4 Å². The second-order valence-electron chi connectivity index (χ2n) is 1.60. The summed E-state index contributed by atoms with van der Waals surface area (Å²) in [4.78, 5) is 0. The first kappa shape index (κ1) is 7.97. The summed E-state index contributed by atoms with van der Waals surface area (Å²) >= 11 is 3.18. The molecule has 1 rings (SSSR count). The Labute approximate surface area is 67.8 Å². The maximum atomic E-state index is 4.88. The molecule has 3 nitrogen and oxygen atoms in total. The van der Waals surface area contributed by atoms with E-state index in [0.29, 0.717) is 6.61 Å². The molecule has 0 N–H and O–H groups in total. The van der Waals surface area contributed by atoms with Crippen LogP contribution in [-0.2, 0) is 11.3 Å². The molecule has 0 aliphatic rings. The van der Waals surface area contributed by atoms with Crippen LogP contribution < -0.4 is 0 Å². The largest absolute Gasteiger partial charge is 0.377 e.